The van der Waals surface area contributed by atoms with Gasteiger partial charge < -0.3 is 14.6 Å². The van der Waals surface area contributed by atoms with Crippen LogP contribution >= 0.6 is 11.3 Å². The molecule has 148 valence electrons. The van der Waals surface area contributed by atoms with Crippen molar-refractivity contribution in [1.82, 2.24) is 9.38 Å². The molecule has 0 fully saturated rings. The lowest BCUT2D eigenvalue weighted by Gasteiger charge is -2.15. The molecule has 0 amide bonds. The number of fused-ring (bicyclic) bond motifs is 3. The molecule has 2 heterocycles. The summed E-state index contributed by atoms with van der Waals surface area (Å²) in [6.45, 7) is 3.68. The molecule has 1 atom stereocenters. The van der Waals surface area contributed by atoms with Crippen LogP contribution in [0.5, 0.6) is 11.5 Å². The van der Waals surface area contributed by atoms with Crippen LogP contribution in [-0.2, 0) is 4.79 Å². The number of thiazole rings is 1. The monoisotopic (exact) mass is 410 g/mol. The number of hydrogen-bond donors (Lipinski definition) is 1. The lowest BCUT2D eigenvalue weighted by Crippen LogP contribution is -2.23. The number of carboxylic acids is 1. The van der Waals surface area contributed by atoms with Gasteiger partial charge in [0, 0.05) is 0 Å². The van der Waals surface area contributed by atoms with Gasteiger partial charge in [-0.2, -0.15) is 0 Å². The van der Waals surface area contributed by atoms with Gasteiger partial charge in [0.15, 0.2) is 22.6 Å². The van der Waals surface area contributed by atoms with Crippen LogP contribution in [0, 0.1) is 0 Å². The first-order chi connectivity index (χ1) is 14.0. The van der Waals surface area contributed by atoms with E-state index in [0.717, 1.165) is 16.6 Å². The Balaban J connectivity index is 1.77. The van der Waals surface area contributed by atoms with Gasteiger partial charge in [-0.25, -0.2) is 14.2 Å². The third-order valence-electron chi connectivity index (χ3n) is 4.36. The van der Waals surface area contributed by atoms with Gasteiger partial charge in [-0.05, 0) is 49.8 Å². The molecule has 4 aromatic rings. The molecular weight excluding hydrogens is 392 g/mol. The summed E-state index contributed by atoms with van der Waals surface area (Å²) in [5, 5.41) is 9.05. The smallest absolute Gasteiger partial charge is 0.344 e. The van der Waals surface area contributed by atoms with Gasteiger partial charge in [0.05, 0.1) is 22.2 Å². The Kier molecular flexibility index (Phi) is 4.94. The van der Waals surface area contributed by atoms with E-state index >= 15 is 0 Å². The van der Waals surface area contributed by atoms with Gasteiger partial charge >= 0.3 is 5.97 Å². The standard InChI is InChI=1S/C21H18N2O5S/c1-3-27-17-10-13(8-9-16(17)28-12(2)20(25)26)11-18-19(24)23-15-7-5-4-6-14(15)22-21(23)29-18/h4-12H,3H2,1-2H3,(H,25,26)/b18-11-/t12-/m0/s1. The Morgan fingerprint density at radius 3 is 2.83 bits per heavy atom. The van der Waals surface area contributed by atoms with Crippen LogP contribution in [0.25, 0.3) is 22.1 Å². The number of para-hydroxylation sites is 2. The zero-order valence-electron chi connectivity index (χ0n) is 15.8. The second-order valence-corrected chi connectivity index (χ2v) is 7.38. The Morgan fingerprint density at radius 2 is 2.07 bits per heavy atom. The first kappa shape index (κ1) is 18.9. The molecule has 8 heteroatoms. The second kappa shape index (κ2) is 7.56. The lowest BCUT2D eigenvalue weighted by atomic mass is 10.2. The summed E-state index contributed by atoms with van der Waals surface area (Å²) in [7, 11) is 0. The topological polar surface area (TPSA) is 90.1 Å². The quantitative estimate of drug-likeness (QED) is 0.526. The van der Waals surface area contributed by atoms with Crippen LogP contribution in [0.3, 0.4) is 0 Å². The molecule has 2 aromatic heterocycles. The Hall–Kier alpha value is -3.39. The largest absolute Gasteiger partial charge is 0.490 e. The van der Waals surface area contributed by atoms with Gasteiger partial charge in [0.2, 0.25) is 0 Å². The molecular formula is C21H18N2O5S. The van der Waals surface area contributed by atoms with E-state index in [0.29, 0.717) is 27.6 Å². The van der Waals surface area contributed by atoms with Crippen LogP contribution in [0.1, 0.15) is 19.4 Å². The summed E-state index contributed by atoms with van der Waals surface area (Å²) in [5.41, 5.74) is 2.19. The maximum Gasteiger partial charge on any atom is 0.344 e. The molecule has 0 spiro atoms. The maximum atomic E-state index is 12.9. The Labute approximate surface area is 169 Å². The highest BCUT2D eigenvalue weighted by Crippen LogP contribution is 2.30. The predicted molar refractivity (Wildman–Crippen MR) is 111 cm³/mol. The van der Waals surface area contributed by atoms with Gasteiger partial charge in [0.25, 0.3) is 5.56 Å². The van der Waals surface area contributed by atoms with Crippen molar-refractivity contribution in [3.05, 3.63) is 62.9 Å². The van der Waals surface area contributed by atoms with Crippen LogP contribution in [-0.4, -0.2) is 33.2 Å². The third-order valence-corrected chi connectivity index (χ3v) is 5.33. The zero-order chi connectivity index (χ0) is 20.5. The van der Waals surface area contributed by atoms with Crippen molar-refractivity contribution in [2.45, 2.75) is 20.0 Å². The van der Waals surface area contributed by atoms with Crippen LogP contribution in [0.4, 0.5) is 0 Å². The summed E-state index contributed by atoms with van der Waals surface area (Å²) < 4.78 is 13.2. The number of aromatic nitrogens is 2. The SMILES string of the molecule is CCOc1cc(/C=c2\sc3nc4ccccc4n3c2=O)ccc1O[C@@H](C)C(=O)O. The number of carbonyl (C=O) groups is 1. The van der Waals surface area contributed by atoms with Crippen molar-refractivity contribution in [2.75, 3.05) is 6.61 Å². The summed E-state index contributed by atoms with van der Waals surface area (Å²) in [6.07, 6.45) is 0.763. The van der Waals surface area contributed by atoms with Crippen LogP contribution < -0.4 is 19.6 Å². The molecule has 0 aliphatic carbocycles. The van der Waals surface area contributed by atoms with E-state index in [9.17, 15) is 9.59 Å². The van der Waals surface area contributed by atoms with Gasteiger partial charge in [0.1, 0.15) is 0 Å². The van der Waals surface area contributed by atoms with Crippen LogP contribution in [0.15, 0.2) is 47.3 Å². The molecule has 29 heavy (non-hydrogen) atoms. The van der Waals surface area contributed by atoms with E-state index in [1.165, 1.54) is 18.3 Å². The number of ether oxygens (including phenoxy) is 2. The zero-order valence-corrected chi connectivity index (χ0v) is 16.6. The molecule has 2 aromatic carbocycles. The highest BCUT2D eigenvalue weighted by molar-refractivity contribution is 7.15. The minimum absolute atomic E-state index is 0.128. The molecule has 7 nitrogen and oxygen atoms in total. The van der Waals surface area contributed by atoms with E-state index in [1.54, 1.807) is 28.7 Å². The number of nitrogens with zero attached hydrogens (tertiary/aromatic N) is 2. The predicted octanol–water partition coefficient (Wildman–Crippen LogP) is 2.71. The minimum atomic E-state index is -1.06. The van der Waals surface area contributed by atoms with E-state index < -0.39 is 12.1 Å². The Bertz CT molecular complexity index is 1320. The highest BCUT2D eigenvalue weighted by Gasteiger charge is 2.16. The number of aliphatic carboxylic acids is 1. The number of carboxylic acid groups (broad SMARTS) is 1. The highest BCUT2D eigenvalue weighted by atomic mass is 32.1. The maximum absolute atomic E-state index is 12.9. The molecule has 0 unspecified atom stereocenters. The number of hydrogen-bond acceptors (Lipinski definition) is 6. The first-order valence-electron chi connectivity index (χ1n) is 9.06. The van der Waals surface area contributed by atoms with E-state index in [2.05, 4.69) is 4.98 Å². The Morgan fingerprint density at radius 1 is 1.28 bits per heavy atom. The van der Waals surface area contributed by atoms with Crippen molar-refractivity contribution in [3.63, 3.8) is 0 Å². The van der Waals surface area contributed by atoms with Gasteiger partial charge in [-0.3, -0.25) is 4.79 Å². The third kappa shape index (κ3) is 3.54. The van der Waals surface area contributed by atoms with Gasteiger partial charge in [-0.1, -0.05) is 29.5 Å². The lowest BCUT2D eigenvalue weighted by molar-refractivity contribution is -0.144. The van der Waals surface area contributed by atoms with E-state index in [-0.39, 0.29) is 5.56 Å². The molecule has 0 saturated carbocycles. The molecule has 0 radical (unpaired) electrons. The molecule has 4 rings (SSSR count). The summed E-state index contributed by atoms with van der Waals surface area (Å²) in [5.74, 6) is -0.296. The molecule has 1 N–H and O–H groups in total. The fourth-order valence-corrected chi connectivity index (χ4v) is 3.97. The number of imidazole rings is 1. The summed E-state index contributed by atoms with van der Waals surface area (Å²) >= 11 is 1.32. The first-order valence-corrected chi connectivity index (χ1v) is 9.87. The normalized spacial score (nSPS) is 13.1. The van der Waals surface area contributed by atoms with Gasteiger partial charge in [-0.15, -0.1) is 0 Å². The average molecular weight is 410 g/mol. The number of benzene rings is 2. The average Bonchev–Trinajstić information content (AvgIpc) is 3.20. The molecule has 0 bridgehead atoms. The summed E-state index contributed by atoms with van der Waals surface area (Å²) in [6, 6.07) is 12.7. The van der Waals surface area contributed by atoms with Crippen molar-refractivity contribution in [1.29, 1.82) is 0 Å². The number of rotatable bonds is 6. The van der Waals surface area contributed by atoms with Crippen molar-refractivity contribution < 1.29 is 19.4 Å². The summed E-state index contributed by atoms with van der Waals surface area (Å²) in [4.78, 5) is 29.1. The van der Waals surface area contributed by atoms with E-state index in [1.807, 2.05) is 31.2 Å². The molecule has 0 saturated heterocycles. The van der Waals surface area contributed by atoms with Crippen molar-refractivity contribution in [2.24, 2.45) is 0 Å². The fraction of sp³-hybridized carbons (Fsp3) is 0.190. The molecule has 0 aliphatic rings. The van der Waals surface area contributed by atoms with Crippen molar-refractivity contribution in [3.8, 4) is 11.5 Å². The van der Waals surface area contributed by atoms with E-state index in [4.69, 9.17) is 14.6 Å². The second-order valence-electron chi connectivity index (χ2n) is 6.37. The van der Waals surface area contributed by atoms with Crippen molar-refractivity contribution >= 4 is 39.4 Å². The molecule has 0 aliphatic heterocycles. The minimum Gasteiger partial charge on any atom is -0.490 e. The fourth-order valence-electron chi connectivity index (χ4n) is 2.98. The van der Waals surface area contributed by atoms with Crippen LogP contribution in [0.2, 0.25) is 0 Å².